The van der Waals surface area contributed by atoms with Crippen LogP contribution in [0.1, 0.15) is 123 Å². The lowest BCUT2D eigenvalue weighted by Crippen LogP contribution is -2.13. The Morgan fingerprint density at radius 3 is 1.21 bits per heavy atom. The van der Waals surface area contributed by atoms with Gasteiger partial charge in [0.25, 0.3) is 0 Å². The second kappa shape index (κ2) is 7.80. The normalized spacial score (nSPS) is 27.8. The van der Waals surface area contributed by atoms with E-state index in [1.165, 1.54) is 86.5 Å². The highest BCUT2D eigenvalue weighted by molar-refractivity contribution is 5.63. The minimum Gasteiger partial charge on any atom is -0.357 e. The topological polar surface area (TPSA) is 18.5 Å². The number of rotatable bonds is 10. The molecule has 0 aliphatic carbocycles. The molecule has 0 radical (unpaired) electrons. The molecular formula is C26H34O2. The van der Waals surface area contributed by atoms with Crippen LogP contribution in [0.5, 0.6) is 0 Å². The minimum atomic E-state index is 0.184. The van der Waals surface area contributed by atoms with E-state index in [9.17, 15) is 0 Å². The van der Waals surface area contributed by atoms with Gasteiger partial charge in [-0.05, 0) is 59.1 Å². The first kappa shape index (κ1) is 18.6. The van der Waals surface area contributed by atoms with Gasteiger partial charge in [0.15, 0.2) is 0 Å². The van der Waals surface area contributed by atoms with E-state index in [1.807, 2.05) is 0 Å². The van der Waals surface area contributed by atoms with Crippen molar-refractivity contribution in [1.82, 2.24) is 0 Å². The molecule has 1 aromatic rings. The Labute approximate surface area is 170 Å². The molecule has 0 saturated carbocycles. The van der Waals surface area contributed by atoms with Gasteiger partial charge in [0, 0.05) is 0 Å². The van der Waals surface area contributed by atoms with E-state index >= 15 is 0 Å². The number of benzene rings is 1. The molecule has 4 bridgehead atoms. The van der Waals surface area contributed by atoms with Crippen LogP contribution in [-0.2, 0) is 22.3 Å². The molecule has 4 heterocycles. The second-order valence-electron chi connectivity index (χ2n) is 8.96. The molecule has 4 atom stereocenters. The quantitative estimate of drug-likeness (QED) is 0.314. The van der Waals surface area contributed by atoms with E-state index in [-0.39, 0.29) is 24.4 Å². The highest BCUT2D eigenvalue weighted by Crippen LogP contribution is 2.57. The van der Waals surface area contributed by atoms with Crippen molar-refractivity contribution in [2.75, 3.05) is 0 Å². The lowest BCUT2D eigenvalue weighted by atomic mass is 9.76. The van der Waals surface area contributed by atoms with E-state index in [4.69, 9.17) is 9.47 Å². The first-order valence-corrected chi connectivity index (χ1v) is 11.7. The van der Waals surface area contributed by atoms with Crippen LogP contribution in [0.25, 0.3) is 0 Å². The van der Waals surface area contributed by atoms with Gasteiger partial charge in [-0.25, -0.2) is 0 Å². The van der Waals surface area contributed by atoms with Crippen LogP contribution < -0.4 is 0 Å². The second-order valence-corrected chi connectivity index (χ2v) is 8.96. The molecule has 0 unspecified atom stereocenters. The van der Waals surface area contributed by atoms with E-state index in [0.717, 1.165) is 0 Å². The summed E-state index contributed by atoms with van der Waals surface area (Å²) in [5, 5.41) is 0. The van der Waals surface area contributed by atoms with Gasteiger partial charge in [0.2, 0.25) is 0 Å². The summed E-state index contributed by atoms with van der Waals surface area (Å²) in [5.41, 5.74) is 9.25. The first-order chi connectivity index (χ1) is 13.8. The van der Waals surface area contributed by atoms with Crippen molar-refractivity contribution in [3.63, 3.8) is 0 Å². The number of ether oxygens (including phenoxy) is 2. The van der Waals surface area contributed by atoms with Gasteiger partial charge in [-0.15, -0.1) is 0 Å². The lowest BCUT2D eigenvalue weighted by Gasteiger charge is -2.25. The summed E-state index contributed by atoms with van der Waals surface area (Å²) in [6.07, 6.45) is 22.7. The Hall–Kier alpha value is -1.38. The predicted molar refractivity (Wildman–Crippen MR) is 114 cm³/mol. The zero-order valence-corrected chi connectivity index (χ0v) is 17.5. The third-order valence-corrected chi connectivity index (χ3v) is 7.09. The first-order valence-electron chi connectivity index (χ1n) is 11.7. The molecule has 28 heavy (non-hydrogen) atoms. The van der Waals surface area contributed by atoms with Crippen LogP contribution in [0.4, 0.5) is 0 Å². The largest absolute Gasteiger partial charge is 0.357 e. The Morgan fingerprint density at radius 1 is 0.536 bits per heavy atom. The zero-order valence-electron chi connectivity index (χ0n) is 17.5. The molecule has 0 amide bonds. The van der Waals surface area contributed by atoms with Gasteiger partial charge < -0.3 is 9.47 Å². The standard InChI is InChI=1S/C26H34O2/c1-3-5-7-9-11-17-23-19-13-15-21(27-19)25(23)18(12-10-8-6-4-2)26-22-16-14-20(28-22)24(17)26/h13-16,19-22H,3-12H2,1-2H3/t19-,20-,21-,22-/m1/s1. The maximum Gasteiger partial charge on any atom is 0.103 e. The van der Waals surface area contributed by atoms with Crippen molar-refractivity contribution >= 4 is 0 Å². The fourth-order valence-corrected chi connectivity index (χ4v) is 5.79. The lowest BCUT2D eigenvalue weighted by molar-refractivity contribution is 0.0828. The van der Waals surface area contributed by atoms with Gasteiger partial charge >= 0.3 is 0 Å². The van der Waals surface area contributed by atoms with E-state index in [2.05, 4.69) is 38.2 Å². The van der Waals surface area contributed by atoms with Crippen LogP contribution in [0.2, 0.25) is 0 Å². The Balaban J connectivity index is 1.55. The highest BCUT2D eigenvalue weighted by atomic mass is 16.5. The molecule has 150 valence electrons. The van der Waals surface area contributed by atoms with Crippen molar-refractivity contribution in [3.8, 4) is 0 Å². The number of hydrogen-bond donors (Lipinski definition) is 0. The predicted octanol–water partition coefficient (Wildman–Crippen LogP) is 7.30. The van der Waals surface area contributed by atoms with Crippen LogP contribution in [0.3, 0.4) is 0 Å². The molecule has 0 aromatic heterocycles. The third kappa shape index (κ3) is 2.92. The molecule has 0 saturated heterocycles. The molecular weight excluding hydrogens is 344 g/mol. The van der Waals surface area contributed by atoms with E-state index in [0.29, 0.717) is 0 Å². The summed E-state index contributed by atoms with van der Waals surface area (Å²) >= 11 is 0. The van der Waals surface area contributed by atoms with Crippen molar-refractivity contribution < 1.29 is 9.47 Å². The Bertz CT molecular complexity index is 687. The summed E-state index contributed by atoms with van der Waals surface area (Å²) < 4.78 is 12.8. The Kier molecular flexibility index (Phi) is 5.19. The molecule has 4 aliphatic rings. The maximum absolute atomic E-state index is 6.38. The Morgan fingerprint density at radius 2 is 0.893 bits per heavy atom. The van der Waals surface area contributed by atoms with Crippen molar-refractivity contribution in [2.45, 2.75) is 102 Å². The highest BCUT2D eigenvalue weighted by Gasteiger charge is 2.45. The van der Waals surface area contributed by atoms with Crippen LogP contribution in [0.15, 0.2) is 24.3 Å². The monoisotopic (exact) mass is 378 g/mol. The van der Waals surface area contributed by atoms with Gasteiger partial charge in [-0.1, -0.05) is 76.7 Å². The molecule has 1 aromatic carbocycles. The number of hydrogen-bond acceptors (Lipinski definition) is 2. The van der Waals surface area contributed by atoms with Gasteiger partial charge in [0.05, 0.1) is 0 Å². The smallest absolute Gasteiger partial charge is 0.103 e. The number of fused-ring (bicyclic) bond motifs is 10. The average molecular weight is 379 g/mol. The summed E-state index contributed by atoms with van der Waals surface area (Å²) in [7, 11) is 0. The summed E-state index contributed by atoms with van der Waals surface area (Å²) in [4.78, 5) is 0. The zero-order chi connectivity index (χ0) is 19.1. The molecule has 0 spiro atoms. The molecule has 0 fully saturated rings. The third-order valence-electron chi connectivity index (χ3n) is 7.09. The van der Waals surface area contributed by atoms with E-state index < -0.39 is 0 Å². The molecule has 2 nitrogen and oxygen atoms in total. The molecule has 2 heteroatoms. The summed E-state index contributed by atoms with van der Waals surface area (Å²) in [6.45, 7) is 4.58. The molecule has 0 N–H and O–H groups in total. The van der Waals surface area contributed by atoms with Crippen LogP contribution in [-0.4, -0.2) is 0 Å². The van der Waals surface area contributed by atoms with E-state index in [1.54, 1.807) is 11.1 Å². The molecule has 5 rings (SSSR count). The van der Waals surface area contributed by atoms with Crippen LogP contribution >= 0.6 is 0 Å². The van der Waals surface area contributed by atoms with Crippen molar-refractivity contribution in [1.29, 1.82) is 0 Å². The SMILES string of the molecule is CCCCCCc1c2c(c(CCCCCC)c3c1[C@H]1C=C[C@H]3O1)[C@H]1C=C[C@H]2O1. The average Bonchev–Trinajstić information content (AvgIpc) is 3.49. The maximum atomic E-state index is 6.38. The number of unbranched alkanes of at least 4 members (excludes halogenated alkanes) is 6. The van der Waals surface area contributed by atoms with Crippen molar-refractivity contribution in [3.05, 3.63) is 57.7 Å². The fourth-order valence-electron chi connectivity index (χ4n) is 5.79. The fraction of sp³-hybridized carbons (Fsp3) is 0.615. The summed E-state index contributed by atoms with van der Waals surface area (Å²) in [6, 6.07) is 0. The van der Waals surface area contributed by atoms with Gasteiger partial charge in [-0.3, -0.25) is 0 Å². The van der Waals surface area contributed by atoms with Gasteiger partial charge in [-0.2, -0.15) is 0 Å². The van der Waals surface area contributed by atoms with Gasteiger partial charge in [0.1, 0.15) is 24.4 Å². The van der Waals surface area contributed by atoms with Crippen molar-refractivity contribution in [2.24, 2.45) is 0 Å². The summed E-state index contributed by atoms with van der Waals surface area (Å²) in [5.74, 6) is 0. The molecule has 4 aliphatic heterocycles. The van der Waals surface area contributed by atoms with Crippen LogP contribution in [0, 0.1) is 0 Å². The minimum absolute atomic E-state index is 0.184.